The standard InChI is InChI=1S/C19H29BO4/c1-4-7-10-22-16-13-15(19(21)24-12-9-6-3)14-17(18(16)20)23-11-8-5-2/h13-14H,4-12H2,1-3H3. The second-order valence-electron chi connectivity index (χ2n) is 5.78. The van der Waals surface area contributed by atoms with Crippen molar-refractivity contribution in [3.8, 4) is 11.5 Å². The van der Waals surface area contributed by atoms with Crippen LogP contribution in [0.25, 0.3) is 0 Å². The van der Waals surface area contributed by atoms with E-state index in [0.29, 0.717) is 42.3 Å². The minimum absolute atomic E-state index is 0.371. The van der Waals surface area contributed by atoms with E-state index in [0.717, 1.165) is 38.5 Å². The lowest BCUT2D eigenvalue weighted by Gasteiger charge is -2.16. The summed E-state index contributed by atoms with van der Waals surface area (Å²) in [6, 6.07) is 3.29. The molecule has 1 aromatic carbocycles. The number of benzene rings is 1. The van der Waals surface area contributed by atoms with Crippen molar-refractivity contribution in [2.45, 2.75) is 59.3 Å². The molecule has 0 heterocycles. The van der Waals surface area contributed by atoms with Crippen molar-refractivity contribution in [1.29, 1.82) is 0 Å². The van der Waals surface area contributed by atoms with Crippen molar-refractivity contribution in [2.75, 3.05) is 19.8 Å². The van der Waals surface area contributed by atoms with Crippen molar-refractivity contribution in [1.82, 2.24) is 0 Å². The van der Waals surface area contributed by atoms with Gasteiger partial charge in [0, 0.05) is 0 Å². The van der Waals surface area contributed by atoms with Gasteiger partial charge in [-0.3, -0.25) is 0 Å². The van der Waals surface area contributed by atoms with Crippen LogP contribution in [0.5, 0.6) is 11.5 Å². The van der Waals surface area contributed by atoms with Crippen molar-refractivity contribution in [2.24, 2.45) is 0 Å². The molecular weight excluding hydrogens is 303 g/mol. The highest BCUT2D eigenvalue weighted by atomic mass is 16.5. The summed E-state index contributed by atoms with van der Waals surface area (Å²) in [5, 5.41) is 0. The summed E-state index contributed by atoms with van der Waals surface area (Å²) in [5.74, 6) is 0.601. The van der Waals surface area contributed by atoms with Crippen LogP contribution in [0.1, 0.15) is 69.7 Å². The number of ether oxygens (including phenoxy) is 3. The zero-order chi connectivity index (χ0) is 17.8. The Labute approximate surface area is 147 Å². The van der Waals surface area contributed by atoms with Gasteiger partial charge in [-0.2, -0.15) is 0 Å². The van der Waals surface area contributed by atoms with Gasteiger partial charge in [-0.15, -0.1) is 0 Å². The van der Waals surface area contributed by atoms with E-state index in [9.17, 15) is 4.79 Å². The van der Waals surface area contributed by atoms with Crippen LogP contribution in [0.2, 0.25) is 0 Å². The van der Waals surface area contributed by atoms with E-state index in [1.54, 1.807) is 12.1 Å². The first-order valence-electron chi connectivity index (χ1n) is 9.00. The Balaban J connectivity index is 2.92. The maximum Gasteiger partial charge on any atom is 0.338 e. The molecule has 132 valence electrons. The predicted octanol–water partition coefficient (Wildman–Crippen LogP) is 3.80. The zero-order valence-electron chi connectivity index (χ0n) is 15.2. The highest BCUT2D eigenvalue weighted by Crippen LogP contribution is 2.21. The molecule has 0 aliphatic carbocycles. The molecule has 2 radical (unpaired) electrons. The molecule has 1 rings (SSSR count). The molecule has 0 N–H and O–H groups in total. The first-order chi connectivity index (χ1) is 11.6. The van der Waals surface area contributed by atoms with Crippen LogP contribution in [0.15, 0.2) is 12.1 Å². The number of carbonyl (C=O) groups is 1. The van der Waals surface area contributed by atoms with E-state index in [1.165, 1.54) is 0 Å². The zero-order valence-corrected chi connectivity index (χ0v) is 15.2. The van der Waals surface area contributed by atoms with Crippen molar-refractivity contribution in [3.05, 3.63) is 17.7 Å². The SMILES string of the molecule is [B]c1c(OCCCC)cc(C(=O)OCCCC)cc1OCCCC. The number of hydrogen-bond donors (Lipinski definition) is 0. The van der Waals surface area contributed by atoms with Crippen LogP contribution in [0, 0.1) is 0 Å². The van der Waals surface area contributed by atoms with Gasteiger partial charge in [0.25, 0.3) is 0 Å². The molecule has 0 atom stereocenters. The topological polar surface area (TPSA) is 44.8 Å². The number of unbranched alkanes of at least 4 members (excludes halogenated alkanes) is 3. The van der Waals surface area contributed by atoms with Crippen molar-refractivity contribution in [3.63, 3.8) is 0 Å². The third kappa shape index (κ3) is 6.85. The Morgan fingerprint density at radius 1 is 0.875 bits per heavy atom. The van der Waals surface area contributed by atoms with E-state index in [2.05, 4.69) is 20.8 Å². The summed E-state index contributed by atoms with van der Waals surface area (Å²) in [6.45, 7) is 7.77. The molecule has 5 heteroatoms. The maximum atomic E-state index is 12.2. The Morgan fingerprint density at radius 3 is 1.79 bits per heavy atom. The fourth-order valence-electron chi connectivity index (χ4n) is 2.00. The molecule has 0 aromatic heterocycles. The van der Waals surface area contributed by atoms with Crippen LogP contribution in [0.3, 0.4) is 0 Å². The van der Waals surface area contributed by atoms with Gasteiger partial charge in [-0.25, -0.2) is 4.79 Å². The van der Waals surface area contributed by atoms with Crippen LogP contribution in [0.4, 0.5) is 0 Å². The van der Waals surface area contributed by atoms with E-state index in [4.69, 9.17) is 22.1 Å². The molecule has 0 spiro atoms. The normalized spacial score (nSPS) is 10.5. The highest BCUT2D eigenvalue weighted by molar-refractivity contribution is 6.36. The largest absolute Gasteiger partial charge is 0.494 e. The molecule has 0 saturated carbocycles. The van der Waals surface area contributed by atoms with Crippen LogP contribution >= 0.6 is 0 Å². The number of esters is 1. The van der Waals surface area contributed by atoms with Gasteiger partial charge in [0.05, 0.1) is 25.4 Å². The molecule has 1 aromatic rings. The molecule has 0 unspecified atom stereocenters. The Kier molecular flexibility index (Phi) is 10.1. The van der Waals surface area contributed by atoms with Gasteiger partial charge in [0.1, 0.15) is 19.3 Å². The summed E-state index contributed by atoms with van der Waals surface area (Å²) < 4.78 is 16.7. The fraction of sp³-hybridized carbons (Fsp3) is 0.632. The van der Waals surface area contributed by atoms with Gasteiger partial charge >= 0.3 is 5.97 Å². The lowest BCUT2D eigenvalue weighted by molar-refractivity contribution is 0.0498. The van der Waals surface area contributed by atoms with Gasteiger partial charge in [-0.05, 0) is 36.9 Å². The van der Waals surface area contributed by atoms with Crippen molar-refractivity contribution >= 4 is 19.3 Å². The van der Waals surface area contributed by atoms with Gasteiger partial charge in [0.15, 0.2) is 0 Å². The fourth-order valence-corrected chi connectivity index (χ4v) is 2.00. The average Bonchev–Trinajstić information content (AvgIpc) is 2.58. The Morgan fingerprint density at radius 2 is 1.33 bits per heavy atom. The van der Waals surface area contributed by atoms with Crippen LogP contribution < -0.4 is 14.9 Å². The second kappa shape index (κ2) is 11.8. The van der Waals surface area contributed by atoms with E-state index in [-0.39, 0.29) is 5.97 Å². The molecule has 0 bridgehead atoms. The summed E-state index contributed by atoms with van der Waals surface area (Å²) >= 11 is 0. The molecule has 24 heavy (non-hydrogen) atoms. The van der Waals surface area contributed by atoms with Crippen LogP contribution in [-0.2, 0) is 4.74 Å². The molecular formula is C19H29BO4. The minimum Gasteiger partial charge on any atom is -0.494 e. The Bertz CT molecular complexity index is 471. The molecule has 0 fully saturated rings. The van der Waals surface area contributed by atoms with Gasteiger partial charge in [-0.1, -0.05) is 40.0 Å². The number of carbonyl (C=O) groups excluding carboxylic acids is 1. The molecule has 4 nitrogen and oxygen atoms in total. The maximum absolute atomic E-state index is 12.2. The average molecular weight is 332 g/mol. The number of hydrogen-bond acceptors (Lipinski definition) is 4. The molecule has 0 amide bonds. The highest BCUT2D eigenvalue weighted by Gasteiger charge is 2.15. The van der Waals surface area contributed by atoms with E-state index in [1.807, 2.05) is 0 Å². The monoisotopic (exact) mass is 332 g/mol. The minimum atomic E-state index is -0.371. The number of rotatable bonds is 12. The smallest absolute Gasteiger partial charge is 0.338 e. The first-order valence-corrected chi connectivity index (χ1v) is 9.00. The van der Waals surface area contributed by atoms with E-state index >= 15 is 0 Å². The predicted molar refractivity (Wildman–Crippen MR) is 97.8 cm³/mol. The molecule has 0 aliphatic heterocycles. The quantitative estimate of drug-likeness (QED) is 0.332. The summed E-state index contributed by atoms with van der Waals surface area (Å²) in [6.07, 6.45) is 5.73. The molecule has 0 aliphatic rings. The summed E-state index contributed by atoms with van der Waals surface area (Å²) in [5.41, 5.74) is 0.852. The lowest BCUT2D eigenvalue weighted by Crippen LogP contribution is -2.17. The lowest BCUT2D eigenvalue weighted by atomic mass is 9.92. The molecule has 0 saturated heterocycles. The van der Waals surface area contributed by atoms with Crippen molar-refractivity contribution < 1.29 is 19.0 Å². The Hall–Kier alpha value is -1.65. The van der Waals surface area contributed by atoms with Gasteiger partial charge in [0.2, 0.25) is 0 Å². The first kappa shape index (κ1) is 20.4. The second-order valence-corrected chi connectivity index (χ2v) is 5.78. The summed E-state index contributed by atoms with van der Waals surface area (Å²) in [7, 11) is 6.14. The van der Waals surface area contributed by atoms with Gasteiger partial charge < -0.3 is 14.2 Å². The van der Waals surface area contributed by atoms with Crippen LogP contribution in [-0.4, -0.2) is 33.6 Å². The summed E-state index contributed by atoms with van der Waals surface area (Å²) in [4.78, 5) is 12.2. The third-order valence-electron chi connectivity index (χ3n) is 3.58. The third-order valence-corrected chi connectivity index (χ3v) is 3.58. The van der Waals surface area contributed by atoms with E-state index < -0.39 is 0 Å².